The van der Waals surface area contributed by atoms with E-state index in [-0.39, 0.29) is 17.0 Å². The third-order valence-electron chi connectivity index (χ3n) is 4.79. The highest BCUT2D eigenvalue weighted by atomic mass is 35.5. The summed E-state index contributed by atoms with van der Waals surface area (Å²) in [5, 5.41) is 15.8. The Morgan fingerprint density at radius 2 is 2.08 bits per heavy atom. The Labute approximate surface area is 150 Å². The molecule has 1 aliphatic carbocycles. The number of carbonyl (C=O) groups is 1. The van der Waals surface area contributed by atoms with Crippen LogP contribution in [0.25, 0.3) is 21.7 Å². The summed E-state index contributed by atoms with van der Waals surface area (Å²) in [5.74, 6) is -0.190. The third-order valence-corrected chi connectivity index (χ3v) is 5.19. The van der Waals surface area contributed by atoms with Gasteiger partial charge in [-0.15, -0.1) is 11.6 Å². The lowest BCUT2D eigenvalue weighted by Gasteiger charge is -2.27. The van der Waals surface area contributed by atoms with Gasteiger partial charge in [-0.1, -0.05) is 6.07 Å². The van der Waals surface area contributed by atoms with Crippen LogP contribution in [0.5, 0.6) is 0 Å². The Hall–Kier alpha value is -2.40. The highest BCUT2D eigenvalue weighted by Gasteiger charge is 2.21. The number of hydrogen-bond donors (Lipinski definition) is 2. The zero-order valence-electron chi connectivity index (χ0n) is 13.6. The summed E-state index contributed by atoms with van der Waals surface area (Å²) < 4.78 is 0. The molecule has 1 fully saturated rings. The molecule has 1 aliphatic rings. The minimum absolute atomic E-state index is 0.193. The van der Waals surface area contributed by atoms with Crippen LogP contribution in [-0.2, 0) is 0 Å². The minimum atomic E-state index is -0.957. The van der Waals surface area contributed by atoms with Gasteiger partial charge in [-0.2, -0.15) is 0 Å². The molecule has 1 saturated carbocycles. The summed E-state index contributed by atoms with van der Waals surface area (Å²) >= 11 is 6.31. The number of hydrogen-bond acceptors (Lipinski definition) is 4. The van der Waals surface area contributed by atoms with Crippen LogP contribution >= 0.6 is 11.6 Å². The number of pyridine rings is 2. The first-order valence-electron chi connectivity index (χ1n) is 8.43. The molecule has 0 amide bonds. The molecule has 0 saturated heterocycles. The molecular formula is C19H18ClN3O2. The molecule has 128 valence electrons. The number of rotatable bonds is 3. The van der Waals surface area contributed by atoms with Crippen LogP contribution in [0, 0.1) is 0 Å². The number of anilines is 1. The largest absolute Gasteiger partial charge is 0.478 e. The molecule has 0 aliphatic heterocycles. The maximum absolute atomic E-state index is 11.3. The quantitative estimate of drug-likeness (QED) is 0.536. The Kier molecular flexibility index (Phi) is 4.17. The first kappa shape index (κ1) is 16.1. The van der Waals surface area contributed by atoms with Crippen LogP contribution in [0.1, 0.15) is 36.0 Å². The van der Waals surface area contributed by atoms with E-state index in [1.807, 2.05) is 6.07 Å². The van der Waals surface area contributed by atoms with Crippen molar-refractivity contribution in [3.8, 4) is 0 Å². The predicted molar refractivity (Wildman–Crippen MR) is 99.5 cm³/mol. The molecule has 25 heavy (non-hydrogen) atoms. The second kappa shape index (κ2) is 6.48. The molecule has 2 atom stereocenters. The van der Waals surface area contributed by atoms with Gasteiger partial charge in [0.05, 0.1) is 11.1 Å². The highest BCUT2D eigenvalue weighted by molar-refractivity contribution is 6.20. The van der Waals surface area contributed by atoms with E-state index in [1.54, 1.807) is 30.6 Å². The van der Waals surface area contributed by atoms with Crippen LogP contribution in [0.3, 0.4) is 0 Å². The molecule has 6 heteroatoms. The van der Waals surface area contributed by atoms with Crippen molar-refractivity contribution in [2.45, 2.75) is 37.1 Å². The van der Waals surface area contributed by atoms with E-state index in [0.717, 1.165) is 47.7 Å². The number of nitrogens with one attached hydrogen (secondary N) is 1. The van der Waals surface area contributed by atoms with Crippen molar-refractivity contribution in [3.63, 3.8) is 0 Å². The van der Waals surface area contributed by atoms with E-state index in [2.05, 4.69) is 10.3 Å². The van der Waals surface area contributed by atoms with Gasteiger partial charge in [0.1, 0.15) is 5.82 Å². The summed E-state index contributed by atoms with van der Waals surface area (Å²) in [6.07, 6.45) is 7.67. The maximum atomic E-state index is 11.3. The van der Waals surface area contributed by atoms with Crippen molar-refractivity contribution in [1.29, 1.82) is 0 Å². The SMILES string of the molecule is O=C(O)c1ccc2c(c1)nc(N[C@H]1CCC[C@H](Cl)C1)c1ccncc12. The second-order valence-electron chi connectivity index (χ2n) is 6.52. The number of benzene rings is 1. The van der Waals surface area contributed by atoms with Gasteiger partial charge in [0.15, 0.2) is 0 Å². The summed E-state index contributed by atoms with van der Waals surface area (Å²) in [7, 11) is 0. The van der Waals surface area contributed by atoms with E-state index < -0.39 is 5.97 Å². The van der Waals surface area contributed by atoms with E-state index in [9.17, 15) is 9.90 Å². The average Bonchev–Trinajstić information content (AvgIpc) is 2.61. The van der Waals surface area contributed by atoms with Crippen LogP contribution in [0.15, 0.2) is 36.7 Å². The van der Waals surface area contributed by atoms with Gasteiger partial charge in [0, 0.05) is 40.0 Å². The van der Waals surface area contributed by atoms with Crippen LogP contribution in [-0.4, -0.2) is 32.5 Å². The van der Waals surface area contributed by atoms with Gasteiger partial charge < -0.3 is 10.4 Å². The summed E-state index contributed by atoms with van der Waals surface area (Å²) in [5.41, 5.74) is 0.883. The van der Waals surface area contributed by atoms with Crippen LogP contribution in [0.2, 0.25) is 0 Å². The fourth-order valence-corrected chi connectivity index (χ4v) is 3.92. The van der Waals surface area contributed by atoms with E-state index in [0.29, 0.717) is 5.52 Å². The lowest BCUT2D eigenvalue weighted by Crippen LogP contribution is -2.28. The summed E-state index contributed by atoms with van der Waals surface area (Å²) in [4.78, 5) is 20.2. The molecule has 2 N–H and O–H groups in total. The zero-order valence-corrected chi connectivity index (χ0v) is 14.3. The van der Waals surface area contributed by atoms with Gasteiger partial charge in [-0.05, 0) is 43.9 Å². The van der Waals surface area contributed by atoms with Gasteiger partial charge in [-0.25, -0.2) is 9.78 Å². The van der Waals surface area contributed by atoms with Crippen molar-refractivity contribution in [2.24, 2.45) is 0 Å². The first-order valence-corrected chi connectivity index (χ1v) is 8.87. The Morgan fingerprint density at radius 1 is 1.20 bits per heavy atom. The van der Waals surface area contributed by atoms with Crippen LogP contribution in [0.4, 0.5) is 5.82 Å². The summed E-state index contributed by atoms with van der Waals surface area (Å²) in [6, 6.07) is 7.23. The van der Waals surface area contributed by atoms with Gasteiger partial charge >= 0.3 is 5.97 Å². The zero-order chi connectivity index (χ0) is 17.4. The molecule has 5 nitrogen and oxygen atoms in total. The van der Waals surface area contributed by atoms with Crippen molar-refractivity contribution >= 4 is 45.1 Å². The molecule has 3 aromatic rings. The molecule has 2 heterocycles. The molecule has 4 rings (SSSR count). The van der Waals surface area contributed by atoms with E-state index in [1.165, 1.54) is 0 Å². The standard InChI is InChI=1S/C19H18ClN3O2/c20-12-2-1-3-13(9-12)22-18-15-6-7-21-10-16(15)14-5-4-11(19(24)25)8-17(14)23-18/h4-8,10,12-13H,1-3,9H2,(H,22,23)(H,24,25)/t12-,13-/m0/s1. The molecule has 0 spiro atoms. The number of aromatic nitrogens is 2. The maximum Gasteiger partial charge on any atom is 0.335 e. The Balaban J connectivity index is 1.84. The normalized spacial score (nSPS) is 20.7. The van der Waals surface area contributed by atoms with Crippen LogP contribution < -0.4 is 5.32 Å². The fraction of sp³-hybridized carbons (Fsp3) is 0.316. The van der Waals surface area contributed by atoms with Gasteiger partial charge in [-0.3, -0.25) is 4.98 Å². The minimum Gasteiger partial charge on any atom is -0.478 e. The number of aromatic carboxylic acids is 1. The van der Waals surface area contributed by atoms with Gasteiger partial charge in [0.25, 0.3) is 0 Å². The Bertz CT molecular complexity index is 960. The molecule has 0 radical (unpaired) electrons. The summed E-state index contributed by atoms with van der Waals surface area (Å²) in [6.45, 7) is 0. The van der Waals surface area contributed by atoms with Gasteiger partial charge in [0.2, 0.25) is 0 Å². The van der Waals surface area contributed by atoms with E-state index >= 15 is 0 Å². The predicted octanol–water partition coefficient (Wildman–Crippen LogP) is 4.44. The number of alkyl halides is 1. The number of halogens is 1. The highest BCUT2D eigenvalue weighted by Crippen LogP contribution is 2.32. The van der Waals surface area contributed by atoms with Crippen molar-refractivity contribution < 1.29 is 9.90 Å². The monoisotopic (exact) mass is 355 g/mol. The molecule has 2 aromatic heterocycles. The fourth-order valence-electron chi connectivity index (χ4n) is 3.55. The van der Waals surface area contributed by atoms with E-state index in [4.69, 9.17) is 16.6 Å². The van der Waals surface area contributed by atoms with Crippen molar-refractivity contribution in [2.75, 3.05) is 5.32 Å². The number of fused-ring (bicyclic) bond motifs is 3. The molecule has 1 aromatic carbocycles. The number of nitrogens with zero attached hydrogens (tertiary/aromatic N) is 2. The third kappa shape index (κ3) is 3.12. The first-order chi connectivity index (χ1) is 12.1. The van der Waals surface area contributed by atoms with Crippen molar-refractivity contribution in [3.05, 3.63) is 42.2 Å². The smallest absolute Gasteiger partial charge is 0.335 e. The molecule has 0 bridgehead atoms. The van der Waals surface area contributed by atoms with Crippen molar-refractivity contribution in [1.82, 2.24) is 9.97 Å². The number of carboxylic acids is 1. The topological polar surface area (TPSA) is 75.1 Å². The second-order valence-corrected chi connectivity index (χ2v) is 7.14. The lowest BCUT2D eigenvalue weighted by molar-refractivity contribution is 0.0697. The molecule has 0 unspecified atom stereocenters. The molecular weight excluding hydrogens is 338 g/mol. The average molecular weight is 356 g/mol. The Morgan fingerprint density at radius 3 is 2.88 bits per heavy atom. The number of carboxylic acid groups (broad SMARTS) is 1. The lowest BCUT2D eigenvalue weighted by atomic mass is 9.95.